The molecule has 0 bridgehead atoms. The van der Waals surface area contributed by atoms with Crippen molar-refractivity contribution in [2.24, 2.45) is 0 Å². The van der Waals surface area contributed by atoms with E-state index in [0.29, 0.717) is 11.5 Å². The van der Waals surface area contributed by atoms with Crippen molar-refractivity contribution in [1.82, 2.24) is 0 Å². The van der Waals surface area contributed by atoms with Crippen LogP contribution in [0.25, 0.3) is 0 Å². The van der Waals surface area contributed by atoms with Crippen LogP contribution in [0.3, 0.4) is 0 Å². The maximum Gasteiger partial charge on any atom is 0.418 e. The Kier molecular flexibility index (Phi) is 4.17. The molecule has 0 saturated heterocycles. The maximum atomic E-state index is 10.2. The Morgan fingerprint density at radius 2 is 1.94 bits per heavy atom. The topological polar surface area (TPSA) is 44.8 Å². The number of methoxy groups -OCH3 is 2. The average molecular weight is 223 g/mol. The monoisotopic (exact) mass is 223 g/mol. The third-order valence-electron chi connectivity index (χ3n) is 2.49. The van der Waals surface area contributed by atoms with Crippen molar-refractivity contribution in [2.75, 3.05) is 14.2 Å². The van der Waals surface area contributed by atoms with Crippen LogP contribution >= 0.6 is 0 Å². The van der Waals surface area contributed by atoms with Gasteiger partial charge in [-0.05, 0) is 25.5 Å². The predicted octanol–water partition coefficient (Wildman–Crippen LogP) is 2.16. The third-order valence-corrected chi connectivity index (χ3v) is 2.49. The first-order valence-corrected chi connectivity index (χ1v) is 4.89. The molecule has 0 amide bonds. The van der Waals surface area contributed by atoms with Crippen LogP contribution < -0.4 is 9.47 Å². The van der Waals surface area contributed by atoms with Crippen molar-refractivity contribution >= 4 is 6.47 Å². The molecule has 1 aromatic rings. The summed E-state index contributed by atoms with van der Waals surface area (Å²) in [7, 11) is 3.16. The molecule has 16 heavy (non-hydrogen) atoms. The molecule has 0 heterocycles. The largest absolute Gasteiger partial charge is 0.497 e. The second-order valence-electron chi connectivity index (χ2n) is 3.39. The lowest BCUT2D eigenvalue weighted by Crippen LogP contribution is -2.03. The van der Waals surface area contributed by atoms with Gasteiger partial charge in [-0.1, -0.05) is 0 Å². The van der Waals surface area contributed by atoms with E-state index in [4.69, 9.17) is 14.2 Å². The Hall–Kier alpha value is -1.71. The van der Waals surface area contributed by atoms with Crippen molar-refractivity contribution in [3.63, 3.8) is 0 Å². The van der Waals surface area contributed by atoms with E-state index in [-0.39, 0.29) is 6.10 Å². The van der Waals surface area contributed by atoms with Gasteiger partial charge in [0.05, 0.1) is 14.2 Å². The summed E-state index contributed by atoms with van der Waals surface area (Å²) in [4.78, 5) is 10.2. The molecule has 0 aliphatic carbocycles. The quantitative estimate of drug-likeness (QED) is 0.767. The Morgan fingerprint density at radius 3 is 2.44 bits per heavy atom. The summed E-state index contributed by atoms with van der Waals surface area (Å²) >= 11 is 0. The summed E-state index contributed by atoms with van der Waals surface area (Å²) in [6.07, 6.45) is -0.374. The average Bonchev–Trinajstić information content (AvgIpc) is 2.29. The second-order valence-corrected chi connectivity index (χ2v) is 3.39. The zero-order chi connectivity index (χ0) is 12.1. The van der Waals surface area contributed by atoms with E-state index < -0.39 is 0 Å². The minimum atomic E-state index is -0.374. The highest BCUT2D eigenvalue weighted by Crippen LogP contribution is 2.32. The van der Waals surface area contributed by atoms with Crippen LogP contribution in [0.1, 0.15) is 24.2 Å². The molecule has 1 aromatic carbocycles. The lowest BCUT2D eigenvalue weighted by molar-refractivity contribution is 0.196. The van der Waals surface area contributed by atoms with Gasteiger partial charge in [0.25, 0.3) is 0 Å². The first-order chi connectivity index (χ1) is 7.63. The van der Waals surface area contributed by atoms with Crippen molar-refractivity contribution in [3.05, 3.63) is 23.3 Å². The molecule has 1 radical (unpaired) electrons. The minimum Gasteiger partial charge on any atom is -0.497 e. The fraction of sp³-hybridized carbons (Fsp3) is 0.417. The van der Waals surface area contributed by atoms with Gasteiger partial charge in [-0.3, -0.25) is 0 Å². The fourth-order valence-electron chi connectivity index (χ4n) is 1.57. The van der Waals surface area contributed by atoms with Gasteiger partial charge in [-0.25, -0.2) is 4.79 Å². The van der Waals surface area contributed by atoms with Crippen molar-refractivity contribution < 1.29 is 19.0 Å². The van der Waals surface area contributed by atoms with E-state index in [1.54, 1.807) is 27.2 Å². The highest BCUT2D eigenvalue weighted by Gasteiger charge is 2.15. The smallest absolute Gasteiger partial charge is 0.418 e. The Bertz CT molecular complexity index is 374. The molecule has 0 saturated carbocycles. The Balaban J connectivity index is 3.19. The predicted molar refractivity (Wildman–Crippen MR) is 59.5 cm³/mol. The van der Waals surface area contributed by atoms with Gasteiger partial charge < -0.3 is 14.2 Å². The molecular formula is C12H15O4. The normalized spacial score (nSPS) is 11.8. The van der Waals surface area contributed by atoms with Crippen LogP contribution in [-0.2, 0) is 9.53 Å². The van der Waals surface area contributed by atoms with E-state index >= 15 is 0 Å². The lowest BCUT2D eigenvalue weighted by atomic mass is 10.0. The van der Waals surface area contributed by atoms with Crippen LogP contribution in [0.4, 0.5) is 0 Å². The molecule has 0 aliphatic heterocycles. The van der Waals surface area contributed by atoms with Gasteiger partial charge >= 0.3 is 6.47 Å². The van der Waals surface area contributed by atoms with E-state index in [9.17, 15) is 4.79 Å². The van der Waals surface area contributed by atoms with Crippen LogP contribution in [-0.4, -0.2) is 20.7 Å². The van der Waals surface area contributed by atoms with Gasteiger partial charge in [-0.2, -0.15) is 0 Å². The molecule has 4 nitrogen and oxygen atoms in total. The highest BCUT2D eigenvalue weighted by atomic mass is 16.5. The van der Waals surface area contributed by atoms with Crippen molar-refractivity contribution in [2.45, 2.75) is 20.0 Å². The first-order valence-electron chi connectivity index (χ1n) is 4.89. The van der Waals surface area contributed by atoms with Gasteiger partial charge in [0.15, 0.2) is 0 Å². The molecule has 0 aliphatic rings. The second kappa shape index (κ2) is 5.39. The number of carbonyl (C=O) groups excluding carboxylic acids is 1. The molecule has 87 valence electrons. The summed E-state index contributed by atoms with van der Waals surface area (Å²) in [5.41, 5.74) is 1.77. The minimum absolute atomic E-state index is 0.374. The van der Waals surface area contributed by atoms with Crippen molar-refractivity contribution in [1.29, 1.82) is 0 Å². The molecule has 1 unspecified atom stereocenters. The molecule has 4 heteroatoms. The van der Waals surface area contributed by atoms with Crippen LogP contribution in [0.2, 0.25) is 0 Å². The van der Waals surface area contributed by atoms with E-state index in [2.05, 4.69) is 0 Å². The van der Waals surface area contributed by atoms with Gasteiger partial charge in [0.1, 0.15) is 17.6 Å². The number of hydrogen-bond acceptors (Lipinski definition) is 4. The van der Waals surface area contributed by atoms with Crippen LogP contribution in [0.15, 0.2) is 12.1 Å². The molecule has 0 fully saturated rings. The highest BCUT2D eigenvalue weighted by molar-refractivity contribution is 5.48. The fourth-order valence-corrected chi connectivity index (χ4v) is 1.57. The summed E-state index contributed by atoms with van der Waals surface area (Å²) in [6, 6.07) is 3.61. The Morgan fingerprint density at radius 1 is 1.25 bits per heavy atom. The van der Waals surface area contributed by atoms with Gasteiger partial charge in [0.2, 0.25) is 0 Å². The third kappa shape index (κ3) is 2.45. The van der Waals surface area contributed by atoms with Crippen LogP contribution in [0.5, 0.6) is 11.5 Å². The summed E-state index contributed by atoms with van der Waals surface area (Å²) in [5.74, 6) is 1.37. The van der Waals surface area contributed by atoms with E-state index in [1.807, 2.05) is 13.0 Å². The summed E-state index contributed by atoms with van der Waals surface area (Å²) < 4.78 is 15.2. The first kappa shape index (κ1) is 12.4. The number of hydrogen-bond donors (Lipinski definition) is 0. The SMILES string of the molecule is COc1cc(OC)c(C)c(C(C)O[C]=O)c1. The molecule has 1 atom stereocenters. The maximum absolute atomic E-state index is 10.2. The summed E-state index contributed by atoms with van der Waals surface area (Å²) in [6.45, 7) is 5.11. The number of benzene rings is 1. The number of ether oxygens (including phenoxy) is 3. The molecule has 0 spiro atoms. The lowest BCUT2D eigenvalue weighted by Gasteiger charge is -2.16. The Labute approximate surface area is 95.1 Å². The van der Waals surface area contributed by atoms with Crippen LogP contribution in [0, 0.1) is 6.92 Å². The standard InChI is InChI=1S/C12H15O4/c1-8-11(9(2)16-7-13)5-10(14-3)6-12(8)15-4/h5-6,9H,1-4H3. The molecule has 1 rings (SSSR count). The summed E-state index contributed by atoms with van der Waals surface area (Å²) in [5, 5.41) is 0. The number of rotatable bonds is 5. The molecule has 0 N–H and O–H groups in total. The van der Waals surface area contributed by atoms with E-state index in [1.165, 1.54) is 6.47 Å². The van der Waals surface area contributed by atoms with Crippen molar-refractivity contribution in [3.8, 4) is 11.5 Å². The molecular weight excluding hydrogens is 208 g/mol. The van der Waals surface area contributed by atoms with Gasteiger partial charge in [0, 0.05) is 11.6 Å². The van der Waals surface area contributed by atoms with Gasteiger partial charge in [-0.15, -0.1) is 0 Å². The zero-order valence-electron chi connectivity index (χ0n) is 9.87. The molecule has 0 aromatic heterocycles. The zero-order valence-corrected chi connectivity index (χ0v) is 9.87. The van der Waals surface area contributed by atoms with E-state index in [0.717, 1.165) is 11.1 Å².